The molecular formula is C12H17N5O. The molecule has 2 aromatic heterocycles. The first-order valence-corrected chi connectivity index (χ1v) is 5.81. The third kappa shape index (κ3) is 3.35. The minimum atomic E-state index is 0.654. The summed E-state index contributed by atoms with van der Waals surface area (Å²) in [6.45, 7) is 2.20. The lowest BCUT2D eigenvalue weighted by Crippen LogP contribution is -2.19. The summed E-state index contributed by atoms with van der Waals surface area (Å²) in [4.78, 5) is 8.69. The molecule has 0 bridgehead atoms. The van der Waals surface area contributed by atoms with Gasteiger partial charge in [-0.3, -0.25) is 4.68 Å². The lowest BCUT2D eigenvalue weighted by Gasteiger charge is -2.04. The van der Waals surface area contributed by atoms with Crippen LogP contribution in [0.5, 0.6) is 0 Å². The van der Waals surface area contributed by atoms with Crippen molar-refractivity contribution < 1.29 is 4.74 Å². The average Bonchev–Trinajstić information content (AvgIpc) is 2.82. The minimum absolute atomic E-state index is 0.654. The van der Waals surface area contributed by atoms with E-state index in [4.69, 9.17) is 4.74 Å². The van der Waals surface area contributed by atoms with Crippen LogP contribution in [-0.4, -0.2) is 40.0 Å². The fraction of sp³-hybridized carbons (Fsp3) is 0.417. The lowest BCUT2D eigenvalue weighted by molar-refractivity contribution is 0.199. The summed E-state index contributed by atoms with van der Waals surface area (Å²) in [6.07, 6.45) is 3.63. The van der Waals surface area contributed by atoms with Crippen molar-refractivity contribution in [3.05, 3.63) is 30.2 Å². The highest BCUT2D eigenvalue weighted by Gasteiger charge is 2.05. The third-order valence-electron chi connectivity index (χ3n) is 2.45. The predicted molar refractivity (Wildman–Crippen MR) is 67.8 cm³/mol. The molecule has 6 nitrogen and oxygen atoms in total. The summed E-state index contributed by atoms with van der Waals surface area (Å²) in [5.41, 5.74) is 1.73. The zero-order chi connectivity index (χ0) is 12.8. The van der Waals surface area contributed by atoms with Gasteiger partial charge in [0, 0.05) is 39.6 Å². The maximum absolute atomic E-state index is 4.97. The molecule has 0 aliphatic carbocycles. The molecule has 0 aliphatic rings. The van der Waals surface area contributed by atoms with Gasteiger partial charge in [0.15, 0.2) is 5.82 Å². The normalized spacial score (nSPS) is 10.8. The van der Waals surface area contributed by atoms with E-state index in [9.17, 15) is 0 Å². The molecule has 2 heterocycles. The van der Waals surface area contributed by atoms with Gasteiger partial charge in [0.1, 0.15) is 5.69 Å². The van der Waals surface area contributed by atoms with Gasteiger partial charge in [0.2, 0.25) is 0 Å². The Morgan fingerprint density at radius 2 is 2.28 bits per heavy atom. The quantitative estimate of drug-likeness (QED) is 0.758. The van der Waals surface area contributed by atoms with Gasteiger partial charge in [0.25, 0.3) is 0 Å². The van der Waals surface area contributed by atoms with Crippen molar-refractivity contribution in [2.75, 3.05) is 20.3 Å². The lowest BCUT2D eigenvalue weighted by atomic mass is 10.3. The second kappa shape index (κ2) is 6.23. The minimum Gasteiger partial charge on any atom is -0.383 e. The standard InChI is InChI=1S/C12H17N5O/c1-17-7-4-11(16-17)12-14-5-3-10(15-12)9-13-6-8-18-2/h3-5,7,13H,6,8-9H2,1-2H3. The van der Waals surface area contributed by atoms with Gasteiger partial charge in [-0.05, 0) is 12.1 Å². The number of rotatable bonds is 6. The number of hydrogen-bond acceptors (Lipinski definition) is 5. The number of aromatic nitrogens is 4. The highest BCUT2D eigenvalue weighted by Crippen LogP contribution is 2.10. The maximum Gasteiger partial charge on any atom is 0.180 e. The monoisotopic (exact) mass is 247 g/mol. The van der Waals surface area contributed by atoms with Gasteiger partial charge in [-0.15, -0.1) is 0 Å². The van der Waals surface area contributed by atoms with E-state index in [2.05, 4.69) is 20.4 Å². The first-order chi connectivity index (χ1) is 8.79. The number of hydrogen-bond donors (Lipinski definition) is 1. The van der Waals surface area contributed by atoms with Gasteiger partial charge >= 0.3 is 0 Å². The molecule has 0 unspecified atom stereocenters. The van der Waals surface area contributed by atoms with Gasteiger partial charge in [-0.1, -0.05) is 0 Å². The molecule has 1 N–H and O–H groups in total. The van der Waals surface area contributed by atoms with Crippen LogP contribution in [0.1, 0.15) is 5.69 Å². The second-order valence-electron chi connectivity index (χ2n) is 3.92. The van der Waals surface area contributed by atoms with Gasteiger partial charge in [-0.2, -0.15) is 5.10 Å². The maximum atomic E-state index is 4.97. The van der Waals surface area contributed by atoms with E-state index in [-0.39, 0.29) is 0 Å². The van der Waals surface area contributed by atoms with Crippen molar-refractivity contribution in [1.29, 1.82) is 0 Å². The largest absolute Gasteiger partial charge is 0.383 e. The Balaban J connectivity index is 2.01. The fourth-order valence-corrected chi connectivity index (χ4v) is 1.54. The molecule has 96 valence electrons. The van der Waals surface area contributed by atoms with Crippen molar-refractivity contribution in [2.24, 2.45) is 7.05 Å². The molecule has 0 aliphatic heterocycles. The SMILES string of the molecule is COCCNCc1ccnc(-c2ccn(C)n2)n1. The fourth-order valence-electron chi connectivity index (χ4n) is 1.54. The molecule has 6 heteroatoms. The van der Waals surface area contributed by atoms with E-state index in [1.165, 1.54) is 0 Å². The predicted octanol–water partition coefficient (Wildman–Crippen LogP) is 0.613. The van der Waals surface area contributed by atoms with Crippen LogP contribution in [0.25, 0.3) is 11.5 Å². The summed E-state index contributed by atoms with van der Waals surface area (Å²) < 4.78 is 6.71. The summed E-state index contributed by atoms with van der Waals surface area (Å²) in [6, 6.07) is 3.80. The number of nitrogens with zero attached hydrogens (tertiary/aromatic N) is 4. The van der Waals surface area contributed by atoms with E-state index in [1.807, 2.05) is 25.4 Å². The molecule has 0 saturated heterocycles. The number of aryl methyl sites for hydroxylation is 1. The number of methoxy groups -OCH3 is 1. The molecule has 0 aromatic carbocycles. The molecule has 18 heavy (non-hydrogen) atoms. The Morgan fingerprint density at radius 3 is 3.00 bits per heavy atom. The van der Waals surface area contributed by atoms with Crippen molar-refractivity contribution in [3.8, 4) is 11.5 Å². The van der Waals surface area contributed by atoms with E-state index in [1.54, 1.807) is 18.0 Å². The van der Waals surface area contributed by atoms with Crippen LogP contribution in [-0.2, 0) is 18.3 Å². The third-order valence-corrected chi connectivity index (χ3v) is 2.45. The van der Waals surface area contributed by atoms with Crippen molar-refractivity contribution in [1.82, 2.24) is 25.1 Å². The van der Waals surface area contributed by atoms with Crippen molar-refractivity contribution >= 4 is 0 Å². The molecule has 0 radical (unpaired) electrons. The Kier molecular flexibility index (Phi) is 4.38. The van der Waals surface area contributed by atoms with Crippen LogP contribution >= 0.6 is 0 Å². The molecular weight excluding hydrogens is 230 g/mol. The molecule has 0 amide bonds. The molecule has 0 fully saturated rings. The van der Waals surface area contributed by atoms with Crippen LogP contribution in [0.3, 0.4) is 0 Å². The van der Waals surface area contributed by atoms with E-state index < -0.39 is 0 Å². The first kappa shape index (κ1) is 12.7. The molecule has 0 atom stereocenters. The van der Waals surface area contributed by atoms with Crippen molar-refractivity contribution in [3.63, 3.8) is 0 Å². The van der Waals surface area contributed by atoms with Gasteiger partial charge < -0.3 is 10.1 Å². The summed E-state index contributed by atoms with van der Waals surface area (Å²) >= 11 is 0. The van der Waals surface area contributed by atoms with Crippen LogP contribution in [0, 0.1) is 0 Å². The Labute approximate surface area is 106 Å². The summed E-state index contributed by atoms with van der Waals surface area (Å²) in [7, 11) is 3.56. The number of ether oxygens (including phenoxy) is 1. The second-order valence-corrected chi connectivity index (χ2v) is 3.92. The smallest absolute Gasteiger partial charge is 0.180 e. The summed E-state index contributed by atoms with van der Waals surface area (Å²) in [5, 5.41) is 7.53. The van der Waals surface area contributed by atoms with Crippen LogP contribution in [0.2, 0.25) is 0 Å². The van der Waals surface area contributed by atoms with E-state index >= 15 is 0 Å². The van der Waals surface area contributed by atoms with E-state index in [0.717, 1.165) is 17.9 Å². The Morgan fingerprint density at radius 1 is 1.39 bits per heavy atom. The van der Waals surface area contributed by atoms with Crippen molar-refractivity contribution in [2.45, 2.75) is 6.54 Å². The van der Waals surface area contributed by atoms with Gasteiger partial charge in [0.05, 0.1) is 12.3 Å². The topological polar surface area (TPSA) is 64.9 Å². The summed E-state index contributed by atoms with van der Waals surface area (Å²) in [5.74, 6) is 0.654. The molecule has 2 aromatic rings. The van der Waals surface area contributed by atoms with Gasteiger partial charge in [-0.25, -0.2) is 9.97 Å². The van der Waals surface area contributed by atoms with Crippen LogP contribution in [0.15, 0.2) is 24.5 Å². The number of nitrogens with one attached hydrogen (secondary N) is 1. The Hall–Kier alpha value is -1.79. The van der Waals surface area contributed by atoms with E-state index in [0.29, 0.717) is 19.0 Å². The zero-order valence-electron chi connectivity index (χ0n) is 10.6. The zero-order valence-corrected chi connectivity index (χ0v) is 10.6. The highest BCUT2D eigenvalue weighted by molar-refractivity contribution is 5.47. The van der Waals surface area contributed by atoms with Crippen LogP contribution in [0.4, 0.5) is 0 Å². The highest BCUT2D eigenvalue weighted by atomic mass is 16.5. The average molecular weight is 247 g/mol. The molecule has 0 spiro atoms. The molecule has 0 saturated carbocycles. The van der Waals surface area contributed by atoms with Crippen LogP contribution < -0.4 is 5.32 Å². The Bertz CT molecular complexity index is 497. The molecule has 2 rings (SSSR count). The first-order valence-electron chi connectivity index (χ1n) is 5.81.